The number of benzene rings is 2. The van der Waals surface area contributed by atoms with Gasteiger partial charge >= 0.3 is 0 Å². The second kappa shape index (κ2) is 7.74. The van der Waals surface area contributed by atoms with Crippen molar-refractivity contribution >= 4 is 18.4 Å². The molecule has 0 saturated carbocycles. The summed E-state index contributed by atoms with van der Waals surface area (Å²) >= 11 is 5.29. The second-order valence-corrected chi connectivity index (χ2v) is 6.82. The normalized spacial score (nSPS) is 11.4. The maximum atomic E-state index is 5.29. The van der Waals surface area contributed by atoms with Crippen LogP contribution in [0.4, 0.5) is 0 Å². The summed E-state index contributed by atoms with van der Waals surface area (Å²) in [5.41, 5.74) is 5.00. The Kier molecular flexibility index (Phi) is 4.99. The first-order valence-electron chi connectivity index (χ1n) is 9.08. The van der Waals surface area contributed by atoms with E-state index in [0.29, 0.717) is 4.77 Å². The van der Waals surface area contributed by atoms with Crippen molar-refractivity contribution in [1.29, 1.82) is 0 Å². The summed E-state index contributed by atoms with van der Waals surface area (Å²) < 4.78 is 3.99. The van der Waals surface area contributed by atoms with Crippen LogP contribution >= 0.6 is 12.2 Å². The molecule has 0 unspecified atom stereocenters. The van der Waals surface area contributed by atoms with Gasteiger partial charge in [-0.3, -0.25) is 5.10 Å². The summed E-state index contributed by atoms with van der Waals surface area (Å²) in [6, 6.07) is 18.3. The van der Waals surface area contributed by atoms with E-state index in [0.717, 1.165) is 34.8 Å². The summed E-state index contributed by atoms with van der Waals surface area (Å²) in [4.78, 5) is 0. The van der Waals surface area contributed by atoms with E-state index < -0.39 is 0 Å². The van der Waals surface area contributed by atoms with Crippen molar-refractivity contribution < 1.29 is 0 Å². The highest BCUT2D eigenvalue weighted by Gasteiger charge is 2.11. The Hall–Kier alpha value is -3.32. The predicted octanol–water partition coefficient (Wildman–Crippen LogP) is 4.55. The minimum absolute atomic E-state index is 0.473. The quantitative estimate of drug-likeness (QED) is 0.403. The van der Waals surface area contributed by atoms with Gasteiger partial charge in [-0.1, -0.05) is 55.0 Å². The topological polar surface area (TPSA) is 63.8 Å². The van der Waals surface area contributed by atoms with Crippen LogP contribution in [0.25, 0.3) is 16.9 Å². The first kappa shape index (κ1) is 18.1. The first-order chi connectivity index (χ1) is 13.7. The Morgan fingerprint density at radius 2 is 1.86 bits per heavy atom. The summed E-state index contributed by atoms with van der Waals surface area (Å²) in [6.07, 6.45) is 4.49. The molecular formula is C21H20N6S. The third-order valence-corrected chi connectivity index (χ3v) is 4.70. The van der Waals surface area contributed by atoms with Gasteiger partial charge in [0.2, 0.25) is 4.77 Å². The molecule has 0 radical (unpaired) electrons. The zero-order chi connectivity index (χ0) is 19.5. The lowest BCUT2D eigenvalue weighted by Crippen LogP contribution is -1.97. The van der Waals surface area contributed by atoms with Crippen LogP contribution in [0.5, 0.6) is 0 Å². The number of rotatable bonds is 5. The van der Waals surface area contributed by atoms with Gasteiger partial charge in [0.1, 0.15) is 5.69 Å². The van der Waals surface area contributed by atoms with Crippen LogP contribution in [-0.2, 0) is 6.42 Å². The lowest BCUT2D eigenvalue weighted by molar-refractivity contribution is 0.780. The Morgan fingerprint density at radius 3 is 2.57 bits per heavy atom. The van der Waals surface area contributed by atoms with Crippen LogP contribution < -0.4 is 0 Å². The van der Waals surface area contributed by atoms with Crippen LogP contribution in [0.15, 0.2) is 65.9 Å². The lowest BCUT2D eigenvalue weighted by atomic mass is 10.1. The third-order valence-electron chi connectivity index (χ3n) is 4.43. The molecule has 6 nitrogen and oxygen atoms in total. The number of aromatic amines is 1. The van der Waals surface area contributed by atoms with Crippen molar-refractivity contribution in [2.45, 2.75) is 20.3 Å². The Bertz CT molecular complexity index is 1170. The second-order valence-electron chi connectivity index (χ2n) is 6.43. The van der Waals surface area contributed by atoms with Gasteiger partial charge in [-0.2, -0.15) is 20.0 Å². The van der Waals surface area contributed by atoms with Crippen molar-refractivity contribution in [2.24, 2.45) is 5.10 Å². The molecule has 28 heavy (non-hydrogen) atoms. The van der Waals surface area contributed by atoms with E-state index >= 15 is 0 Å². The summed E-state index contributed by atoms with van der Waals surface area (Å²) in [6.45, 7) is 4.09. The SMILES string of the molecule is CCc1n[nH]c(=S)n1/N=C\c1cn(-c2ccccc2)nc1-c1ccc(C)cc1. The maximum absolute atomic E-state index is 5.29. The fourth-order valence-electron chi connectivity index (χ4n) is 2.92. The van der Waals surface area contributed by atoms with Gasteiger partial charge in [0.25, 0.3) is 0 Å². The Labute approximate surface area is 168 Å². The number of nitrogens with zero attached hydrogens (tertiary/aromatic N) is 5. The van der Waals surface area contributed by atoms with Crippen molar-refractivity contribution in [1.82, 2.24) is 24.7 Å². The lowest BCUT2D eigenvalue weighted by Gasteiger charge is -2.01. The highest BCUT2D eigenvalue weighted by Crippen LogP contribution is 2.23. The molecule has 4 aromatic rings. The van der Waals surface area contributed by atoms with E-state index in [1.165, 1.54) is 5.56 Å². The molecule has 0 bridgehead atoms. The van der Waals surface area contributed by atoms with Gasteiger partial charge in [0.05, 0.1) is 11.9 Å². The summed E-state index contributed by atoms with van der Waals surface area (Å²) in [5.74, 6) is 0.786. The zero-order valence-electron chi connectivity index (χ0n) is 15.7. The predicted molar refractivity (Wildman–Crippen MR) is 114 cm³/mol. The molecule has 2 aromatic carbocycles. The molecule has 0 amide bonds. The van der Waals surface area contributed by atoms with Gasteiger partial charge in [0.15, 0.2) is 5.82 Å². The fraction of sp³-hybridized carbons (Fsp3) is 0.143. The van der Waals surface area contributed by atoms with Gasteiger partial charge in [0, 0.05) is 23.7 Å². The first-order valence-corrected chi connectivity index (χ1v) is 9.49. The molecule has 1 N–H and O–H groups in total. The molecule has 2 heterocycles. The maximum Gasteiger partial charge on any atom is 0.216 e. The largest absolute Gasteiger partial charge is 0.250 e. The molecule has 0 fully saturated rings. The van der Waals surface area contributed by atoms with Crippen LogP contribution in [0.3, 0.4) is 0 Å². The van der Waals surface area contributed by atoms with E-state index in [2.05, 4.69) is 46.5 Å². The van der Waals surface area contributed by atoms with Crippen LogP contribution in [0.1, 0.15) is 23.9 Å². The molecule has 0 aliphatic carbocycles. The fourth-order valence-corrected chi connectivity index (χ4v) is 3.12. The molecule has 0 spiro atoms. The number of aryl methyl sites for hydroxylation is 2. The highest BCUT2D eigenvalue weighted by molar-refractivity contribution is 7.71. The molecule has 7 heteroatoms. The minimum Gasteiger partial charge on any atom is -0.250 e. The van der Waals surface area contributed by atoms with Gasteiger partial charge in [-0.25, -0.2) is 4.68 Å². The van der Waals surface area contributed by atoms with Gasteiger partial charge in [-0.05, 0) is 31.3 Å². The number of para-hydroxylation sites is 1. The molecule has 2 aromatic heterocycles. The molecule has 0 saturated heterocycles. The summed E-state index contributed by atoms with van der Waals surface area (Å²) in [7, 11) is 0. The van der Waals surface area contributed by atoms with Crippen LogP contribution in [0, 0.1) is 11.7 Å². The summed E-state index contributed by atoms with van der Waals surface area (Å²) in [5, 5.41) is 16.4. The van der Waals surface area contributed by atoms with Gasteiger partial charge < -0.3 is 0 Å². The number of hydrogen-bond donors (Lipinski definition) is 1. The molecule has 0 aliphatic rings. The van der Waals surface area contributed by atoms with Crippen molar-refractivity contribution in [3.63, 3.8) is 0 Å². The number of H-pyrrole nitrogens is 1. The van der Waals surface area contributed by atoms with E-state index in [-0.39, 0.29) is 0 Å². The number of aromatic nitrogens is 5. The Balaban J connectivity index is 1.81. The van der Waals surface area contributed by atoms with E-state index in [1.807, 2.05) is 48.1 Å². The van der Waals surface area contributed by atoms with E-state index in [9.17, 15) is 0 Å². The van der Waals surface area contributed by atoms with Crippen LogP contribution in [-0.4, -0.2) is 30.9 Å². The monoisotopic (exact) mass is 388 g/mol. The van der Waals surface area contributed by atoms with Crippen LogP contribution in [0.2, 0.25) is 0 Å². The molecular weight excluding hydrogens is 368 g/mol. The van der Waals surface area contributed by atoms with Crippen molar-refractivity contribution in [3.05, 3.63) is 82.5 Å². The minimum atomic E-state index is 0.473. The van der Waals surface area contributed by atoms with Gasteiger partial charge in [-0.15, -0.1) is 0 Å². The van der Waals surface area contributed by atoms with E-state index in [1.54, 1.807) is 10.9 Å². The standard InChI is InChI=1S/C21H20N6S/c1-3-19-23-24-21(28)27(19)22-13-17-14-26(18-7-5-4-6-8-18)25-20(17)16-11-9-15(2)10-12-16/h4-14H,3H2,1-2H3,(H,24,28)/b22-13-. The van der Waals surface area contributed by atoms with Crippen molar-refractivity contribution in [3.8, 4) is 16.9 Å². The molecule has 140 valence electrons. The average molecular weight is 389 g/mol. The zero-order valence-corrected chi connectivity index (χ0v) is 16.5. The number of hydrogen-bond acceptors (Lipinski definition) is 4. The number of nitrogens with one attached hydrogen (secondary N) is 1. The smallest absolute Gasteiger partial charge is 0.216 e. The molecule has 0 aliphatic heterocycles. The third kappa shape index (κ3) is 3.57. The van der Waals surface area contributed by atoms with E-state index in [4.69, 9.17) is 17.3 Å². The van der Waals surface area contributed by atoms with Crippen molar-refractivity contribution in [2.75, 3.05) is 0 Å². The Morgan fingerprint density at radius 1 is 1.11 bits per heavy atom. The molecule has 0 atom stereocenters. The highest BCUT2D eigenvalue weighted by atomic mass is 32.1. The molecule has 4 rings (SSSR count). The average Bonchev–Trinajstić information content (AvgIpc) is 3.31.